The van der Waals surface area contributed by atoms with Crippen LogP contribution in [0, 0.1) is 5.82 Å². The molecule has 0 bridgehead atoms. The predicted molar refractivity (Wildman–Crippen MR) is 108 cm³/mol. The number of hydrogen-bond acceptors (Lipinski definition) is 5. The van der Waals surface area contributed by atoms with Crippen LogP contribution in [0.3, 0.4) is 0 Å². The van der Waals surface area contributed by atoms with Crippen LogP contribution < -0.4 is 5.32 Å². The second kappa shape index (κ2) is 8.07. The number of carbonyl (C=O) groups is 2. The molecule has 0 atom stereocenters. The maximum Gasteiger partial charge on any atom is 0.321 e. The number of halogens is 1. The van der Waals surface area contributed by atoms with E-state index in [-0.39, 0.29) is 17.8 Å². The van der Waals surface area contributed by atoms with Crippen molar-refractivity contribution in [2.75, 3.05) is 31.5 Å². The predicted octanol–water partition coefficient (Wildman–Crippen LogP) is 4.00. The largest absolute Gasteiger partial charge is 0.334 e. The minimum Gasteiger partial charge on any atom is -0.334 e. The summed E-state index contributed by atoms with van der Waals surface area (Å²) >= 11 is 2.98. The Bertz CT molecular complexity index is 964. The topological polar surface area (TPSA) is 65.5 Å². The fourth-order valence-corrected chi connectivity index (χ4v) is 4.58. The van der Waals surface area contributed by atoms with Crippen molar-refractivity contribution in [3.63, 3.8) is 0 Å². The van der Waals surface area contributed by atoms with E-state index < -0.39 is 0 Å². The third-order valence-electron chi connectivity index (χ3n) is 4.40. The molecule has 0 saturated carbocycles. The number of urea groups is 1. The molecule has 4 rings (SSSR count). The first-order valence-corrected chi connectivity index (χ1v) is 10.4. The van der Waals surface area contributed by atoms with Gasteiger partial charge >= 0.3 is 6.03 Å². The fraction of sp³-hybridized carbons (Fsp3) is 0.211. The lowest BCUT2D eigenvalue weighted by atomic mass is 10.3. The highest BCUT2D eigenvalue weighted by molar-refractivity contribution is 7.21. The van der Waals surface area contributed by atoms with E-state index in [9.17, 15) is 14.0 Å². The molecule has 3 heterocycles. The van der Waals surface area contributed by atoms with Gasteiger partial charge in [-0.3, -0.25) is 4.79 Å². The van der Waals surface area contributed by atoms with E-state index in [0.29, 0.717) is 36.7 Å². The van der Waals surface area contributed by atoms with E-state index >= 15 is 0 Å². The maximum atomic E-state index is 13.0. The van der Waals surface area contributed by atoms with Gasteiger partial charge in [0.15, 0.2) is 0 Å². The minimum atomic E-state index is -0.351. The molecule has 1 aliphatic heterocycles. The van der Waals surface area contributed by atoms with Gasteiger partial charge < -0.3 is 15.1 Å². The van der Waals surface area contributed by atoms with Crippen molar-refractivity contribution in [1.29, 1.82) is 0 Å². The number of piperazine rings is 1. The Morgan fingerprint density at radius 2 is 1.75 bits per heavy atom. The highest BCUT2D eigenvalue weighted by Crippen LogP contribution is 2.29. The number of rotatable bonds is 3. The second-order valence-corrected chi connectivity index (χ2v) is 8.20. The molecule has 6 nitrogen and oxygen atoms in total. The van der Waals surface area contributed by atoms with Gasteiger partial charge in [-0.15, -0.1) is 22.7 Å². The number of nitrogens with one attached hydrogen (secondary N) is 1. The molecule has 0 radical (unpaired) electrons. The molecule has 28 heavy (non-hydrogen) atoms. The number of thiazole rings is 1. The van der Waals surface area contributed by atoms with Crippen LogP contribution in [-0.2, 0) is 0 Å². The van der Waals surface area contributed by atoms with Crippen molar-refractivity contribution in [3.05, 3.63) is 58.7 Å². The zero-order valence-corrected chi connectivity index (χ0v) is 16.4. The summed E-state index contributed by atoms with van der Waals surface area (Å²) in [5.74, 6) is -0.408. The molecule has 1 aliphatic rings. The quantitative estimate of drug-likeness (QED) is 0.702. The second-order valence-electron chi connectivity index (χ2n) is 6.22. The molecule has 3 aromatic rings. The molecule has 2 aromatic heterocycles. The van der Waals surface area contributed by atoms with Crippen LogP contribution in [0.5, 0.6) is 0 Å². The Morgan fingerprint density at radius 1 is 1.04 bits per heavy atom. The molecule has 144 valence electrons. The summed E-state index contributed by atoms with van der Waals surface area (Å²) in [5, 5.41) is 5.57. The first-order chi connectivity index (χ1) is 13.6. The number of hydrogen-bond donors (Lipinski definition) is 1. The van der Waals surface area contributed by atoms with Gasteiger partial charge in [0.1, 0.15) is 15.7 Å². The Labute approximate surface area is 169 Å². The Kier molecular flexibility index (Phi) is 5.36. The lowest BCUT2D eigenvalue weighted by Crippen LogP contribution is -2.51. The molecule has 1 aromatic carbocycles. The number of thiophene rings is 1. The smallest absolute Gasteiger partial charge is 0.321 e. The van der Waals surface area contributed by atoms with Crippen molar-refractivity contribution in [3.8, 4) is 9.88 Å². The van der Waals surface area contributed by atoms with Crippen molar-refractivity contribution in [1.82, 2.24) is 14.8 Å². The van der Waals surface area contributed by atoms with Crippen molar-refractivity contribution < 1.29 is 14.0 Å². The lowest BCUT2D eigenvalue weighted by Gasteiger charge is -2.34. The summed E-state index contributed by atoms with van der Waals surface area (Å²) in [6.07, 6.45) is 1.62. The fourth-order valence-electron chi connectivity index (χ4n) is 2.89. The summed E-state index contributed by atoms with van der Waals surface area (Å²) in [5.41, 5.74) is 0.538. The van der Waals surface area contributed by atoms with Crippen LogP contribution in [0.15, 0.2) is 48.0 Å². The first-order valence-electron chi connectivity index (χ1n) is 8.70. The Morgan fingerprint density at radius 3 is 2.43 bits per heavy atom. The van der Waals surface area contributed by atoms with E-state index in [1.165, 1.54) is 35.6 Å². The number of benzene rings is 1. The third kappa shape index (κ3) is 4.05. The molecule has 0 aliphatic carbocycles. The van der Waals surface area contributed by atoms with Crippen molar-refractivity contribution in [2.24, 2.45) is 0 Å². The van der Waals surface area contributed by atoms with E-state index in [2.05, 4.69) is 10.3 Å². The highest BCUT2D eigenvalue weighted by Gasteiger charge is 2.26. The summed E-state index contributed by atoms with van der Waals surface area (Å²) in [6.45, 7) is 1.80. The minimum absolute atomic E-state index is 0.0566. The van der Waals surface area contributed by atoms with Gasteiger partial charge in [0.05, 0.1) is 11.1 Å². The van der Waals surface area contributed by atoms with Crippen LogP contribution in [0.25, 0.3) is 9.88 Å². The number of carbonyl (C=O) groups excluding carboxylic acids is 2. The molecule has 1 N–H and O–H groups in total. The van der Waals surface area contributed by atoms with Crippen molar-refractivity contribution >= 4 is 40.3 Å². The third-order valence-corrected chi connectivity index (χ3v) is 6.42. The monoisotopic (exact) mass is 416 g/mol. The maximum absolute atomic E-state index is 13.0. The molecule has 9 heteroatoms. The highest BCUT2D eigenvalue weighted by atomic mass is 32.1. The van der Waals surface area contributed by atoms with Gasteiger partial charge in [0.2, 0.25) is 0 Å². The Balaban J connectivity index is 1.33. The van der Waals surface area contributed by atoms with E-state index in [0.717, 1.165) is 9.88 Å². The van der Waals surface area contributed by atoms with Gasteiger partial charge in [-0.05, 0) is 35.7 Å². The van der Waals surface area contributed by atoms with Crippen LogP contribution in [0.4, 0.5) is 14.9 Å². The van der Waals surface area contributed by atoms with Gasteiger partial charge in [-0.25, -0.2) is 14.2 Å². The van der Waals surface area contributed by atoms with E-state index in [1.807, 2.05) is 17.5 Å². The van der Waals surface area contributed by atoms with Crippen LogP contribution in [-0.4, -0.2) is 52.9 Å². The van der Waals surface area contributed by atoms with Gasteiger partial charge in [0, 0.05) is 31.9 Å². The molecule has 1 saturated heterocycles. The zero-order valence-electron chi connectivity index (χ0n) is 14.8. The molecule has 0 spiro atoms. The SMILES string of the molecule is O=C(Nc1ccc(F)cc1)N1CCN(C(=O)c2cnc(-c3cccs3)s2)CC1. The van der Waals surface area contributed by atoms with E-state index in [1.54, 1.807) is 27.3 Å². The average Bonchev–Trinajstić information content (AvgIpc) is 3.41. The standard InChI is InChI=1S/C19H17FN4O2S2/c20-13-3-5-14(6-4-13)22-19(26)24-9-7-23(8-10-24)18(25)16-12-21-17(28-16)15-2-1-11-27-15/h1-6,11-12H,7-10H2,(H,22,26). The first kappa shape index (κ1) is 18.6. The van der Waals surface area contributed by atoms with E-state index in [4.69, 9.17) is 0 Å². The van der Waals surface area contributed by atoms with Crippen LogP contribution in [0.2, 0.25) is 0 Å². The van der Waals surface area contributed by atoms with Crippen LogP contribution >= 0.6 is 22.7 Å². The van der Waals surface area contributed by atoms with Crippen LogP contribution in [0.1, 0.15) is 9.67 Å². The summed E-state index contributed by atoms with van der Waals surface area (Å²) in [7, 11) is 0. The number of nitrogens with zero attached hydrogens (tertiary/aromatic N) is 3. The number of anilines is 1. The zero-order chi connectivity index (χ0) is 19.5. The lowest BCUT2D eigenvalue weighted by molar-refractivity contribution is 0.0676. The van der Waals surface area contributed by atoms with Gasteiger partial charge in [-0.1, -0.05) is 6.07 Å². The summed E-state index contributed by atoms with van der Waals surface area (Å²) < 4.78 is 13.0. The van der Waals surface area contributed by atoms with Gasteiger partial charge in [-0.2, -0.15) is 0 Å². The van der Waals surface area contributed by atoms with Crippen molar-refractivity contribution in [2.45, 2.75) is 0 Å². The molecule has 0 unspecified atom stereocenters. The number of aromatic nitrogens is 1. The Hall–Kier alpha value is -2.78. The molecular formula is C19H17FN4O2S2. The normalized spacial score (nSPS) is 14.2. The number of amides is 3. The molecule has 1 fully saturated rings. The summed E-state index contributed by atoms with van der Waals surface area (Å²) in [4.78, 5) is 34.5. The van der Waals surface area contributed by atoms with Gasteiger partial charge in [0.25, 0.3) is 5.91 Å². The average molecular weight is 417 g/mol. The molecular weight excluding hydrogens is 399 g/mol. The summed E-state index contributed by atoms with van der Waals surface area (Å²) in [6, 6.07) is 9.31. The molecule has 3 amide bonds.